The predicted molar refractivity (Wildman–Crippen MR) is 130 cm³/mol. The van der Waals surface area contributed by atoms with Crippen LogP contribution in [0.15, 0.2) is 82.1 Å². The number of hydrogen-bond acceptors (Lipinski definition) is 5. The first-order chi connectivity index (χ1) is 16.0. The van der Waals surface area contributed by atoms with Crippen LogP contribution in [0.2, 0.25) is 0 Å². The van der Waals surface area contributed by atoms with Gasteiger partial charge in [-0.05, 0) is 73.7 Å². The van der Waals surface area contributed by atoms with Crippen LogP contribution in [-0.4, -0.2) is 23.4 Å². The number of rotatable bonds is 9. The van der Waals surface area contributed by atoms with Gasteiger partial charge in [-0.1, -0.05) is 42.5 Å². The van der Waals surface area contributed by atoms with E-state index in [4.69, 9.17) is 9.15 Å². The van der Waals surface area contributed by atoms with E-state index in [2.05, 4.69) is 16.4 Å². The highest BCUT2D eigenvalue weighted by molar-refractivity contribution is 7.97. The molecule has 0 amide bonds. The molecule has 0 N–H and O–H groups in total. The Kier molecular flexibility index (Phi) is 7.47. The Labute approximate surface area is 197 Å². The number of furan rings is 1. The number of nitrogens with zero attached hydrogens (tertiary/aromatic N) is 1. The Hall–Kier alpha value is -3.09. The number of carbonyl (C=O) groups is 1. The van der Waals surface area contributed by atoms with Crippen molar-refractivity contribution < 1.29 is 18.3 Å². The molecule has 0 aliphatic carbocycles. The van der Waals surface area contributed by atoms with E-state index in [0.717, 1.165) is 34.4 Å². The van der Waals surface area contributed by atoms with Crippen LogP contribution in [0.5, 0.6) is 0 Å². The van der Waals surface area contributed by atoms with E-state index in [0.29, 0.717) is 18.7 Å². The lowest BCUT2D eigenvalue weighted by Crippen LogP contribution is -2.18. The first-order valence-corrected chi connectivity index (χ1v) is 11.7. The van der Waals surface area contributed by atoms with Crippen molar-refractivity contribution >= 4 is 28.9 Å². The van der Waals surface area contributed by atoms with Crippen LogP contribution in [0.25, 0.3) is 11.0 Å². The second kappa shape index (κ2) is 10.7. The summed E-state index contributed by atoms with van der Waals surface area (Å²) in [5, 5.41) is 0.896. The summed E-state index contributed by atoms with van der Waals surface area (Å²) in [6, 6.07) is 22.9. The monoisotopic (exact) mass is 463 g/mol. The number of aryl methyl sites for hydroxylation is 1. The van der Waals surface area contributed by atoms with Gasteiger partial charge in [-0.2, -0.15) is 0 Å². The second-order valence-electron chi connectivity index (χ2n) is 7.75. The van der Waals surface area contributed by atoms with E-state index in [1.807, 2.05) is 55.5 Å². The van der Waals surface area contributed by atoms with Crippen LogP contribution >= 0.6 is 11.9 Å². The zero-order chi connectivity index (χ0) is 23.2. The van der Waals surface area contributed by atoms with Gasteiger partial charge < -0.3 is 9.15 Å². The number of esters is 1. The van der Waals surface area contributed by atoms with Crippen LogP contribution in [0, 0.1) is 12.7 Å². The maximum absolute atomic E-state index is 13.4. The van der Waals surface area contributed by atoms with Crippen molar-refractivity contribution in [1.82, 2.24) is 4.31 Å². The molecule has 1 aromatic heterocycles. The zero-order valence-corrected chi connectivity index (χ0v) is 19.5. The summed E-state index contributed by atoms with van der Waals surface area (Å²) in [6.07, 6.45) is 0.898. The van der Waals surface area contributed by atoms with Gasteiger partial charge in [0.1, 0.15) is 11.4 Å². The molecule has 0 saturated carbocycles. The van der Waals surface area contributed by atoms with Crippen LogP contribution in [0.1, 0.15) is 34.2 Å². The summed E-state index contributed by atoms with van der Waals surface area (Å²) in [6.45, 7) is 5.45. The summed E-state index contributed by atoms with van der Waals surface area (Å²) < 4.78 is 26.5. The van der Waals surface area contributed by atoms with E-state index >= 15 is 0 Å². The molecule has 4 nitrogen and oxygen atoms in total. The van der Waals surface area contributed by atoms with Crippen LogP contribution < -0.4 is 0 Å². The van der Waals surface area contributed by atoms with Crippen molar-refractivity contribution in [3.05, 3.63) is 101 Å². The normalized spacial score (nSPS) is 11.3. The number of ether oxygens (including phenoxy) is 1. The van der Waals surface area contributed by atoms with Gasteiger partial charge in [0, 0.05) is 28.9 Å². The molecule has 0 saturated heterocycles. The zero-order valence-electron chi connectivity index (χ0n) is 18.7. The third-order valence-corrected chi connectivity index (χ3v) is 6.40. The summed E-state index contributed by atoms with van der Waals surface area (Å²) >= 11 is 1.64. The third-order valence-electron chi connectivity index (χ3n) is 5.37. The first-order valence-electron chi connectivity index (χ1n) is 10.9. The number of fused-ring (bicyclic) bond motifs is 1. The van der Waals surface area contributed by atoms with E-state index in [9.17, 15) is 9.18 Å². The van der Waals surface area contributed by atoms with Gasteiger partial charge in [0.25, 0.3) is 0 Å². The Bertz CT molecular complexity index is 1220. The lowest BCUT2D eigenvalue weighted by atomic mass is 10.1. The highest BCUT2D eigenvalue weighted by atomic mass is 32.2. The third kappa shape index (κ3) is 5.83. The summed E-state index contributed by atoms with van der Waals surface area (Å²) in [7, 11) is 0. The quantitative estimate of drug-likeness (QED) is 0.201. The Balaban J connectivity index is 1.56. The Morgan fingerprint density at radius 3 is 2.52 bits per heavy atom. The van der Waals surface area contributed by atoms with Crippen LogP contribution in [-0.2, 0) is 17.7 Å². The Morgan fingerprint density at radius 2 is 1.79 bits per heavy atom. The van der Waals surface area contributed by atoms with E-state index < -0.39 is 5.97 Å². The van der Waals surface area contributed by atoms with Gasteiger partial charge in [-0.25, -0.2) is 13.5 Å². The molecule has 0 aliphatic rings. The molecule has 0 aliphatic heterocycles. The number of halogens is 1. The fraction of sp³-hybridized carbons (Fsp3) is 0.222. The standard InChI is InChI=1S/C27H26FNO3S/c1-3-31-27(30)26-19(2)24-17-23(13-14-25(24)32-26)33-29(16-15-20-7-5-4-6-8-20)18-21-9-11-22(28)12-10-21/h4-14,17H,3,15-16,18H2,1-2H3. The van der Waals surface area contributed by atoms with Gasteiger partial charge in [-0.15, -0.1) is 0 Å². The molecule has 0 spiro atoms. The van der Waals surface area contributed by atoms with Gasteiger partial charge in [-0.3, -0.25) is 0 Å². The molecule has 170 valence electrons. The average Bonchev–Trinajstić information content (AvgIpc) is 3.16. The largest absolute Gasteiger partial charge is 0.460 e. The first kappa shape index (κ1) is 23.1. The molecule has 4 rings (SSSR count). The van der Waals surface area contributed by atoms with Crippen molar-refractivity contribution in [2.24, 2.45) is 0 Å². The number of benzene rings is 3. The van der Waals surface area contributed by atoms with Crippen LogP contribution in [0.4, 0.5) is 4.39 Å². The minimum atomic E-state index is -0.443. The highest BCUT2D eigenvalue weighted by Crippen LogP contribution is 2.32. The van der Waals surface area contributed by atoms with Crippen molar-refractivity contribution in [3.63, 3.8) is 0 Å². The molecule has 6 heteroatoms. The maximum Gasteiger partial charge on any atom is 0.374 e. The van der Waals surface area contributed by atoms with Crippen LogP contribution in [0.3, 0.4) is 0 Å². The number of carbonyl (C=O) groups excluding carboxylic acids is 1. The molecule has 0 radical (unpaired) electrons. The van der Waals surface area contributed by atoms with E-state index in [-0.39, 0.29) is 11.6 Å². The maximum atomic E-state index is 13.4. The lowest BCUT2D eigenvalue weighted by molar-refractivity contribution is 0.0491. The van der Waals surface area contributed by atoms with Crippen molar-refractivity contribution in [2.75, 3.05) is 13.2 Å². The minimum Gasteiger partial charge on any atom is -0.460 e. The van der Waals surface area contributed by atoms with Crippen molar-refractivity contribution in [2.45, 2.75) is 31.7 Å². The fourth-order valence-corrected chi connectivity index (χ4v) is 4.64. The van der Waals surface area contributed by atoms with Crippen molar-refractivity contribution in [1.29, 1.82) is 0 Å². The van der Waals surface area contributed by atoms with E-state index in [1.165, 1.54) is 17.7 Å². The number of hydrogen-bond donors (Lipinski definition) is 0. The molecule has 3 aromatic carbocycles. The molecule has 0 fully saturated rings. The lowest BCUT2D eigenvalue weighted by Gasteiger charge is -2.21. The SMILES string of the molecule is CCOC(=O)c1oc2ccc(SN(CCc3ccccc3)Cc3ccc(F)cc3)cc2c1C. The molecule has 4 aromatic rings. The molecule has 1 heterocycles. The fourth-order valence-electron chi connectivity index (χ4n) is 3.65. The summed E-state index contributed by atoms with van der Waals surface area (Å²) in [4.78, 5) is 13.2. The minimum absolute atomic E-state index is 0.236. The molecular formula is C27H26FNO3S. The molecule has 0 atom stereocenters. The van der Waals surface area contributed by atoms with E-state index in [1.54, 1.807) is 18.9 Å². The molecule has 0 bridgehead atoms. The molecular weight excluding hydrogens is 437 g/mol. The second-order valence-corrected chi connectivity index (χ2v) is 8.92. The predicted octanol–water partition coefficient (Wildman–Crippen LogP) is 6.81. The summed E-state index contributed by atoms with van der Waals surface area (Å²) in [5.41, 5.74) is 3.75. The Morgan fingerprint density at radius 1 is 1.03 bits per heavy atom. The average molecular weight is 464 g/mol. The smallest absolute Gasteiger partial charge is 0.374 e. The topological polar surface area (TPSA) is 42.7 Å². The van der Waals surface area contributed by atoms with Gasteiger partial charge >= 0.3 is 5.97 Å². The van der Waals surface area contributed by atoms with Gasteiger partial charge in [0.15, 0.2) is 0 Å². The van der Waals surface area contributed by atoms with Gasteiger partial charge in [0.05, 0.1) is 6.61 Å². The summed E-state index contributed by atoms with van der Waals surface area (Å²) in [5.74, 6) is -0.428. The molecule has 0 unspecified atom stereocenters. The van der Waals surface area contributed by atoms with Crippen molar-refractivity contribution in [3.8, 4) is 0 Å². The highest BCUT2D eigenvalue weighted by Gasteiger charge is 2.19. The molecule has 33 heavy (non-hydrogen) atoms. The van der Waals surface area contributed by atoms with Gasteiger partial charge in [0.2, 0.25) is 5.76 Å².